The number of carbonyl (C=O) groups is 1. The van der Waals surface area contributed by atoms with Crippen molar-refractivity contribution in [3.8, 4) is 0 Å². The molecule has 1 radical (unpaired) electrons. The molecule has 0 aromatic heterocycles. The van der Waals surface area contributed by atoms with Gasteiger partial charge in [-0.1, -0.05) is 0 Å². The quantitative estimate of drug-likeness (QED) is 0.538. The molecular formula is C16H29N4O5S2. The Morgan fingerprint density at radius 1 is 1.15 bits per heavy atom. The Bertz CT molecular complexity index is 773. The fourth-order valence-corrected chi connectivity index (χ4v) is 8.10. The summed E-state index contributed by atoms with van der Waals surface area (Å²) >= 11 is 0. The van der Waals surface area contributed by atoms with E-state index in [1.807, 2.05) is 0 Å². The number of fused-ring (bicyclic) bond motifs is 2. The molecule has 0 aliphatic carbocycles. The van der Waals surface area contributed by atoms with Gasteiger partial charge in [0.25, 0.3) is 0 Å². The Morgan fingerprint density at radius 2 is 1.81 bits per heavy atom. The summed E-state index contributed by atoms with van der Waals surface area (Å²) in [6.07, 6.45) is 6.57. The zero-order chi connectivity index (χ0) is 19.9. The summed E-state index contributed by atoms with van der Waals surface area (Å²) in [4.78, 5) is 16.5. The van der Waals surface area contributed by atoms with E-state index in [1.165, 1.54) is 4.31 Å². The smallest absolute Gasteiger partial charge is 0.237 e. The van der Waals surface area contributed by atoms with Gasteiger partial charge in [0.15, 0.2) is 14.9 Å². The third-order valence-corrected chi connectivity index (χ3v) is 10.1. The highest BCUT2D eigenvalue weighted by molar-refractivity contribution is 8.06. The summed E-state index contributed by atoms with van der Waals surface area (Å²) in [6.45, 7) is 3.16. The minimum absolute atomic E-state index is 0.252. The lowest BCUT2D eigenvalue weighted by atomic mass is 9.87. The maximum absolute atomic E-state index is 12.2. The predicted molar refractivity (Wildman–Crippen MR) is 102 cm³/mol. The molecule has 0 aromatic rings. The van der Waals surface area contributed by atoms with Crippen molar-refractivity contribution in [3.63, 3.8) is 0 Å². The Balaban J connectivity index is 1.54. The van der Waals surface area contributed by atoms with E-state index >= 15 is 0 Å². The molecule has 3 aliphatic heterocycles. The Hall–Kier alpha value is -0.750. The van der Waals surface area contributed by atoms with Crippen LogP contribution in [0.15, 0.2) is 0 Å². The maximum atomic E-state index is 12.2. The number of sulfone groups is 1. The van der Waals surface area contributed by atoms with Crippen LogP contribution in [0.5, 0.6) is 0 Å². The van der Waals surface area contributed by atoms with Gasteiger partial charge in [-0.25, -0.2) is 16.8 Å². The lowest BCUT2D eigenvalue weighted by Gasteiger charge is -2.44. The van der Waals surface area contributed by atoms with E-state index in [0.29, 0.717) is 25.6 Å². The Kier molecular flexibility index (Phi) is 5.89. The number of piperazine rings is 1. The number of nitrogens with two attached hydrogens (primary N) is 1. The van der Waals surface area contributed by atoms with Gasteiger partial charge in [0.1, 0.15) is 5.54 Å². The summed E-state index contributed by atoms with van der Waals surface area (Å²) in [5.74, 6) is -0.252. The molecule has 1 amide bonds. The van der Waals surface area contributed by atoms with E-state index < -0.39 is 30.5 Å². The molecule has 0 aromatic carbocycles. The molecule has 0 spiro atoms. The highest BCUT2D eigenvalue weighted by atomic mass is 32.3. The monoisotopic (exact) mass is 421 g/mol. The number of rotatable bonds is 7. The summed E-state index contributed by atoms with van der Waals surface area (Å²) in [5.41, 5.74) is 5.17. The molecule has 2 N–H and O–H groups in total. The van der Waals surface area contributed by atoms with Gasteiger partial charge >= 0.3 is 0 Å². The molecule has 3 aliphatic rings. The number of sulfonamides is 1. The molecule has 3 heterocycles. The van der Waals surface area contributed by atoms with Crippen LogP contribution in [0.25, 0.3) is 0 Å². The second kappa shape index (κ2) is 7.58. The first-order valence-electron chi connectivity index (χ1n) is 9.30. The summed E-state index contributed by atoms with van der Waals surface area (Å²) < 4.78 is 48.3. The second-order valence-electron chi connectivity index (χ2n) is 7.91. The van der Waals surface area contributed by atoms with Crippen molar-refractivity contribution in [1.29, 1.82) is 0 Å². The van der Waals surface area contributed by atoms with Crippen molar-refractivity contribution in [2.24, 2.45) is 5.73 Å². The van der Waals surface area contributed by atoms with Crippen LogP contribution in [0.4, 0.5) is 0 Å². The number of hydrogen-bond acceptors (Lipinski definition) is 7. The van der Waals surface area contributed by atoms with E-state index in [-0.39, 0.29) is 19.0 Å². The molecule has 11 heteroatoms. The van der Waals surface area contributed by atoms with E-state index in [0.717, 1.165) is 38.6 Å². The van der Waals surface area contributed by atoms with Gasteiger partial charge in [0.2, 0.25) is 15.9 Å². The van der Waals surface area contributed by atoms with Gasteiger partial charge in [-0.2, -0.15) is 4.31 Å². The van der Waals surface area contributed by atoms with Crippen LogP contribution in [-0.2, 0) is 24.7 Å². The molecule has 3 saturated heterocycles. The zero-order valence-electron chi connectivity index (χ0n) is 15.7. The Labute approximate surface area is 161 Å². The van der Waals surface area contributed by atoms with Crippen LogP contribution in [0.2, 0.25) is 0 Å². The molecule has 3 rings (SSSR count). The molecule has 155 valence electrons. The standard InChI is InChI=1S/C16H29N4O5S2/c1-26(22,23)13-27(24,25)19-10-7-18(8-11-19)9-12-20-14-3-2-5-16(20,6-4-14)15(17)21/h2,14H,3-13H2,1H3,(H2,17,21)/t14-,16+/m1/s1. The van der Waals surface area contributed by atoms with Crippen molar-refractivity contribution < 1.29 is 21.6 Å². The average Bonchev–Trinajstić information content (AvgIpc) is 2.76. The largest absolute Gasteiger partial charge is 0.368 e. The fourth-order valence-electron chi connectivity index (χ4n) is 4.62. The van der Waals surface area contributed by atoms with Crippen LogP contribution in [0, 0.1) is 6.42 Å². The predicted octanol–water partition coefficient (Wildman–Crippen LogP) is -1.38. The van der Waals surface area contributed by atoms with E-state index in [2.05, 4.69) is 16.2 Å². The number of primary amides is 1. The average molecular weight is 422 g/mol. The number of amides is 1. The van der Waals surface area contributed by atoms with Gasteiger partial charge in [0, 0.05) is 51.6 Å². The molecule has 3 fully saturated rings. The zero-order valence-corrected chi connectivity index (χ0v) is 17.3. The minimum atomic E-state index is -3.79. The van der Waals surface area contributed by atoms with Crippen molar-refractivity contribution in [2.75, 3.05) is 50.6 Å². The van der Waals surface area contributed by atoms with Crippen LogP contribution in [-0.4, -0.2) is 99.0 Å². The normalized spacial score (nSPS) is 31.2. The van der Waals surface area contributed by atoms with E-state index in [4.69, 9.17) is 5.73 Å². The lowest BCUT2D eigenvalue weighted by Crippen LogP contribution is -2.60. The van der Waals surface area contributed by atoms with Crippen LogP contribution in [0.3, 0.4) is 0 Å². The molecule has 2 bridgehead atoms. The third kappa shape index (κ3) is 4.47. The van der Waals surface area contributed by atoms with Gasteiger partial charge in [-0.3, -0.25) is 14.6 Å². The number of hydrogen-bond donors (Lipinski definition) is 1. The number of nitrogens with zero attached hydrogens (tertiary/aromatic N) is 3. The number of piperidine rings is 1. The molecule has 0 unspecified atom stereocenters. The third-order valence-electron chi connectivity index (χ3n) is 6.01. The second-order valence-corrected chi connectivity index (χ2v) is 12.4. The first-order chi connectivity index (χ1) is 12.5. The van der Waals surface area contributed by atoms with Gasteiger partial charge < -0.3 is 5.73 Å². The van der Waals surface area contributed by atoms with Crippen LogP contribution >= 0.6 is 0 Å². The van der Waals surface area contributed by atoms with E-state index in [1.54, 1.807) is 0 Å². The van der Waals surface area contributed by atoms with Crippen molar-refractivity contribution >= 4 is 25.8 Å². The fraction of sp³-hybridized carbons (Fsp3) is 0.875. The number of carbonyl (C=O) groups excluding carboxylic acids is 1. The van der Waals surface area contributed by atoms with Crippen molar-refractivity contribution in [1.82, 2.24) is 14.1 Å². The first-order valence-corrected chi connectivity index (χ1v) is 13.0. The molecular weight excluding hydrogens is 392 g/mol. The molecule has 0 saturated carbocycles. The van der Waals surface area contributed by atoms with Gasteiger partial charge in [-0.15, -0.1) is 0 Å². The highest BCUT2D eigenvalue weighted by Gasteiger charge is 2.52. The highest BCUT2D eigenvalue weighted by Crippen LogP contribution is 2.43. The summed E-state index contributed by atoms with van der Waals surface area (Å²) in [7, 11) is -7.37. The maximum Gasteiger partial charge on any atom is 0.237 e. The SMILES string of the molecule is CS(=O)(=O)CS(=O)(=O)N1CCN(CCN2[C@@H]3C[CH]C[C@@]2(C(N)=O)CC3)CC1. The first kappa shape index (κ1) is 21.0. The van der Waals surface area contributed by atoms with Gasteiger partial charge in [-0.05, 0) is 32.1 Å². The summed E-state index contributed by atoms with van der Waals surface area (Å²) in [5, 5.41) is -0.840. The lowest BCUT2D eigenvalue weighted by molar-refractivity contribution is -0.130. The Morgan fingerprint density at radius 3 is 2.41 bits per heavy atom. The molecule has 2 atom stereocenters. The minimum Gasteiger partial charge on any atom is -0.368 e. The summed E-state index contributed by atoms with van der Waals surface area (Å²) in [6, 6.07) is 0.364. The molecule has 9 nitrogen and oxygen atoms in total. The van der Waals surface area contributed by atoms with Gasteiger partial charge in [0.05, 0.1) is 0 Å². The van der Waals surface area contributed by atoms with Crippen LogP contribution < -0.4 is 5.73 Å². The molecule has 27 heavy (non-hydrogen) atoms. The van der Waals surface area contributed by atoms with E-state index in [9.17, 15) is 21.6 Å². The van der Waals surface area contributed by atoms with Crippen molar-refractivity contribution in [3.05, 3.63) is 6.42 Å². The topological polar surface area (TPSA) is 121 Å². The van der Waals surface area contributed by atoms with Crippen LogP contribution in [0.1, 0.15) is 25.7 Å². The van der Waals surface area contributed by atoms with Crippen molar-refractivity contribution in [2.45, 2.75) is 37.3 Å².